The lowest BCUT2D eigenvalue weighted by atomic mass is 10.1. The maximum absolute atomic E-state index is 4.63. The van der Waals surface area contributed by atoms with Gasteiger partial charge in [-0.25, -0.2) is 4.98 Å². The molecule has 1 aromatic rings. The summed E-state index contributed by atoms with van der Waals surface area (Å²) in [5.74, 6) is 1.32. The van der Waals surface area contributed by atoms with Gasteiger partial charge in [0.25, 0.3) is 0 Å². The van der Waals surface area contributed by atoms with E-state index in [4.69, 9.17) is 0 Å². The summed E-state index contributed by atoms with van der Waals surface area (Å²) in [6.45, 7) is 3.36. The summed E-state index contributed by atoms with van der Waals surface area (Å²) < 4.78 is 2.36. The maximum Gasteiger partial charge on any atom is 0.108 e. The van der Waals surface area contributed by atoms with Gasteiger partial charge < -0.3 is 4.57 Å². The number of aryl methyl sites for hydroxylation is 3. The first-order valence-electron chi connectivity index (χ1n) is 5.45. The third kappa shape index (κ3) is 1.93. The Hall–Kier alpha value is -0.790. The van der Waals surface area contributed by atoms with Gasteiger partial charge in [-0.2, -0.15) is 0 Å². The Labute approximate surface area is 80.0 Å². The van der Waals surface area contributed by atoms with Gasteiger partial charge in [0.2, 0.25) is 0 Å². The van der Waals surface area contributed by atoms with E-state index >= 15 is 0 Å². The van der Waals surface area contributed by atoms with Crippen molar-refractivity contribution >= 4 is 0 Å². The standard InChI is InChI=1S/C11H18N2/c1-2-10-9-13-8-6-4-3-5-7-11(13)12-10/h9H,2-8H2,1H3. The molecule has 0 aliphatic carbocycles. The fourth-order valence-corrected chi connectivity index (χ4v) is 2.00. The summed E-state index contributed by atoms with van der Waals surface area (Å²) in [7, 11) is 0. The number of imidazole rings is 1. The van der Waals surface area contributed by atoms with Gasteiger partial charge in [0.05, 0.1) is 5.69 Å². The van der Waals surface area contributed by atoms with Gasteiger partial charge in [0.15, 0.2) is 0 Å². The summed E-state index contributed by atoms with van der Waals surface area (Å²) in [6.07, 6.45) is 9.90. The smallest absolute Gasteiger partial charge is 0.108 e. The van der Waals surface area contributed by atoms with Crippen LogP contribution >= 0.6 is 0 Å². The van der Waals surface area contributed by atoms with Crippen LogP contribution < -0.4 is 0 Å². The van der Waals surface area contributed by atoms with Gasteiger partial charge in [-0.05, 0) is 19.3 Å². The second-order valence-corrected chi connectivity index (χ2v) is 3.86. The highest BCUT2D eigenvalue weighted by molar-refractivity contribution is 5.04. The highest BCUT2D eigenvalue weighted by atomic mass is 15.1. The number of hydrogen-bond acceptors (Lipinski definition) is 1. The predicted octanol–water partition coefficient (Wildman–Crippen LogP) is 2.56. The first kappa shape index (κ1) is 8.79. The minimum absolute atomic E-state index is 1.07. The summed E-state index contributed by atoms with van der Waals surface area (Å²) in [5.41, 5.74) is 1.26. The van der Waals surface area contributed by atoms with E-state index < -0.39 is 0 Å². The monoisotopic (exact) mass is 178 g/mol. The molecule has 1 aromatic heterocycles. The average molecular weight is 178 g/mol. The van der Waals surface area contributed by atoms with Crippen LogP contribution in [0, 0.1) is 0 Å². The molecule has 0 bridgehead atoms. The van der Waals surface area contributed by atoms with Crippen molar-refractivity contribution in [3.8, 4) is 0 Å². The summed E-state index contributed by atoms with van der Waals surface area (Å²) >= 11 is 0. The van der Waals surface area contributed by atoms with Crippen LogP contribution in [0.15, 0.2) is 6.20 Å². The molecule has 2 rings (SSSR count). The highest BCUT2D eigenvalue weighted by Crippen LogP contribution is 2.14. The molecular formula is C11H18N2. The zero-order valence-corrected chi connectivity index (χ0v) is 8.42. The minimum Gasteiger partial charge on any atom is -0.335 e. The first-order valence-corrected chi connectivity index (χ1v) is 5.45. The SMILES string of the molecule is CCc1cn2c(n1)CCCCCC2. The minimum atomic E-state index is 1.07. The molecule has 0 N–H and O–H groups in total. The second kappa shape index (κ2) is 3.95. The lowest BCUT2D eigenvalue weighted by Gasteiger charge is -2.10. The molecule has 0 amide bonds. The molecule has 0 spiro atoms. The van der Waals surface area contributed by atoms with Crippen molar-refractivity contribution in [2.75, 3.05) is 0 Å². The van der Waals surface area contributed by atoms with Gasteiger partial charge in [-0.1, -0.05) is 19.8 Å². The van der Waals surface area contributed by atoms with Crippen LogP contribution in [-0.4, -0.2) is 9.55 Å². The molecule has 1 aliphatic heterocycles. The number of hydrogen-bond donors (Lipinski definition) is 0. The van der Waals surface area contributed by atoms with E-state index in [0.29, 0.717) is 0 Å². The number of nitrogens with zero attached hydrogens (tertiary/aromatic N) is 2. The molecule has 0 unspecified atom stereocenters. The summed E-state index contributed by atoms with van der Waals surface area (Å²) in [4.78, 5) is 4.63. The van der Waals surface area contributed by atoms with Gasteiger partial charge in [-0.3, -0.25) is 0 Å². The van der Waals surface area contributed by atoms with Crippen LogP contribution in [0.2, 0.25) is 0 Å². The van der Waals surface area contributed by atoms with E-state index in [2.05, 4.69) is 22.7 Å². The van der Waals surface area contributed by atoms with E-state index in [1.54, 1.807) is 0 Å². The van der Waals surface area contributed by atoms with Crippen LogP contribution in [0.5, 0.6) is 0 Å². The molecule has 72 valence electrons. The van der Waals surface area contributed by atoms with Gasteiger partial charge in [0.1, 0.15) is 5.82 Å². The molecule has 0 atom stereocenters. The fraction of sp³-hybridized carbons (Fsp3) is 0.727. The molecule has 1 aliphatic rings. The number of fused-ring (bicyclic) bond motifs is 1. The van der Waals surface area contributed by atoms with Crippen molar-refractivity contribution in [1.29, 1.82) is 0 Å². The van der Waals surface area contributed by atoms with Gasteiger partial charge >= 0.3 is 0 Å². The van der Waals surface area contributed by atoms with Crippen LogP contribution in [0.4, 0.5) is 0 Å². The second-order valence-electron chi connectivity index (χ2n) is 3.86. The summed E-state index contributed by atoms with van der Waals surface area (Å²) in [6, 6.07) is 0. The molecule has 2 nitrogen and oxygen atoms in total. The maximum atomic E-state index is 4.63. The topological polar surface area (TPSA) is 17.8 Å². The molecule has 0 saturated carbocycles. The van der Waals surface area contributed by atoms with E-state index in [-0.39, 0.29) is 0 Å². The van der Waals surface area contributed by atoms with E-state index in [1.165, 1.54) is 50.2 Å². The quantitative estimate of drug-likeness (QED) is 0.646. The van der Waals surface area contributed by atoms with Gasteiger partial charge in [-0.15, -0.1) is 0 Å². The van der Waals surface area contributed by atoms with Gasteiger partial charge in [0, 0.05) is 19.2 Å². The Bertz CT molecular complexity index is 250. The average Bonchev–Trinajstić information content (AvgIpc) is 2.47. The molecule has 0 aromatic carbocycles. The van der Waals surface area contributed by atoms with Crippen LogP contribution in [0.3, 0.4) is 0 Å². The lowest BCUT2D eigenvalue weighted by Crippen LogP contribution is -2.06. The molecule has 0 saturated heterocycles. The number of aromatic nitrogens is 2. The van der Waals surface area contributed by atoms with Crippen LogP contribution in [-0.2, 0) is 19.4 Å². The largest absolute Gasteiger partial charge is 0.335 e. The van der Waals surface area contributed by atoms with Crippen molar-refractivity contribution in [3.63, 3.8) is 0 Å². The highest BCUT2D eigenvalue weighted by Gasteiger charge is 2.08. The van der Waals surface area contributed by atoms with Crippen molar-refractivity contribution in [2.45, 2.75) is 52.0 Å². The molecule has 0 radical (unpaired) electrons. The van der Waals surface area contributed by atoms with Crippen molar-refractivity contribution in [1.82, 2.24) is 9.55 Å². The van der Waals surface area contributed by atoms with E-state index in [9.17, 15) is 0 Å². The first-order chi connectivity index (χ1) is 6.40. The summed E-state index contributed by atoms with van der Waals surface area (Å²) in [5, 5.41) is 0. The van der Waals surface area contributed by atoms with Crippen molar-refractivity contribution in [3.05, 3.63) is 17.7 Å². The normalized spacial score (nSPS) is 17.6. The molecule has 2 heterocycles. The van der Waals surface area contributed by atoms with E-state index in [1.807, 2.05) is 0 Å². The van der Waals surface area contributed by atoms with Crippen LogP contribution in [0.1, 0.15) is 44.1 Å². The third-order valence-corrected chi connectivity index (χ3v) is 2.82. The lowest BCUT2D eigenvalue weighted by molar-refractivity contribution is 0.516. The molecule has 2 heteroatoms. The molecular weight excluding hydrogens is 160 g/mol. The Morgan fingerprint density at radius 2 is 2.15 bits per heavy atom. The zero-order chi connectivity index (χ0) is 9.10. The fourth-order valence-electron chi connectivity index (χ4n) is 2.00. The van der Waals surface area contributed by atoms with Crippen molar-refractivity contribution in [2.24, 2.45) is 0 Å². The van der Waals surface area contributed by atoms with E-state index in [0.717, 1.165) is 6.42 Å². The predicted molar refractivity (Wildman–Crippen MR) is 53.8 cm³/mol. The third-order valence-electron chi connectivity index (χ3n) is 2.82. The Morgan fingerprint density at radius 3 is 3.00 bits per heavy atom. The zero-order valence-electron chi connectivity index (χ0n) is 8.42. The molecule has 0 fully saturated rings. The van der Waals surface area contributed by atoms with Crippen LogP contribution in [0.25, 0.3) is 0 Å². The Balaban J connectivity index is 2.21. The van der Waals surface area contributed by atoms with Crippen molar-refractivity contribution < 1.29 is 0 Å². The Morgan fingerprint density at radius 1 is 1.31 bits per heavy atom. The number of rotatable bonds is 1. The Kier molecular flexibility index (Phi) is 2.67. The molecule has 13 heavy (non-hydrogen) atoms.